The second kappa shape index (κ2) is 5.13. The molecule has 0 aromatic rings. The van der Waals surface area contributed by atoms with Crippen LogP contribution in [0, 0.1) is 0 Å². The molecule has 0 aliphatic carbocycles. The van der Waals surface area contributed by atoms with E-state index in [1.54, 1.807) is 0 Å². The van der Waals surface area contributed by atoms with Crippen molar-refractivity contribution >= 4 is 28.1 Å². The van der Waals surface area contributed by atoms with Crippen molar-refractivity contribution in [2.45, 2.75) is 0 Å². The average molecular weight is 229 g/mol. The Balaban J connectivity index is -0.000000320. The third-order valence-corrected chi connectivity index (χ3v) is 1.72. The molecule has 6 N–H and O–H groups in total. The predicted octanol–water partition coefficient (Wildman–Crippen LogP) is -0.881. The van der Waals surface area contributed by atoms with E-state index in [-0.39, 0.29) is 16.0 Å². The van der Waals surface area contributed by atoms with Gasteiger partial charge in [0.25, 0.3) is 0 Å². The second-order valence-electron chi connectivity index (χ2n) is 0.993. The zero-order valence-corrected chi connectivity index (χ0v) is 8.37. The second-order valence-corrected chi connectivity index (χ2v) is 3.43. The van der Waals surface area contributed by atoms with Crippen LogP contribution in [-0.4, -0.2) is 22.8 Å². The molecule has 11 heavy (non-hydrogen) atoms. The molecule has 0 saturated carbocycles. The first kappa shape index (κ1) is 17.5. The van der Waals surface area contributed by atoms with Gasteiger partial charge in [-0.05, 0) is 0 Å². The lowest BCUT2D eigenvalue weighted by Gasteiger charge is -1.97. The Labute approximate surface area is 66.4 Å². The highest BCUT2D eigenvalue weighted by molar-refractivity contribution is 7.85. The van der Waals surface area contributed by atoms with E-state index in [0.717, 1.165) is 0 Å². The maximum Gasteiger partial charge on any atom is 0.486 e. The van der Waals surface area contributed by atoms with Crippen molar-refractivity contribution < 1.29 is 31.3 Å². The summed E-state index contributed by atoms with van der Waals surface area (Å²) in [4.78, 5) is 15.4. The molecule has 0 aromatic heterocycles. The summed E-state index contributed by atoms with van der Waals surface area (Å²) in [6, 6.07) is 0. The van der Waals surface area contributed by atoms with Crippen molar-refractivity contribution in [1.29, 1.82) is 0 Å². The summed E-state index contributed by atoms with van der Waals surface area (Å²) < 4.78 is 39.0. The molecule has 0 fully saturated rings. The molecule has 0 aromatic carbocycles. The highest BCUT2D eigenvalue weighted by Crippen LogP contribution is 2.37. The fraction of sp³-hybridized carbons (Fsp3) is 0. The van der Waals surface area contributed by atoms with Gasteiger partial charge in [-0.1, -0.05) is 0 Å². The highest BCUT2D eigenvalue weighted by atomic mass is 32.3. The van der Waals surface area contributed by atoms with Crippen LogP contribution >= 0.6 is 17.7 Å². The Bertz CT molecular complexity index is 223. The summed E-state index contributed by atoms with van der Waals surface area (Å²) >= 11 is 0. The minimum absolute atomic E-state index is 0. The zero-order valence-electron chi connectivity index (χ0n) is 5.24. The van der Waals surface area contributed by atoms with Gasteiger partial charge in [0.2, 0.25) is 0 Å². The summed E-state index contributed by atoms with van der Waals surface area (Å²) in [5.41, 5.74) is 0. The standard InChI is InChI=1S/H3N.H3O7PS.H3P/c;1-8(2,3)7-9(4,5)6;/h1H3;(H2,1,2,3)(H,4,5,6);1H3. The van der Waals surface area contributed by atoms with Gasteiger partial charge >= 0.3 is 18.2 Å². The molecule has 0 saturated heterocycles. The third-order valence-electron chi connectivity index (χ3n) is 0.191. The first-order valence-corrected chi connectivity index (χ1v) is 4.34. The Morgan fingerprint density at radius 2 is 1.55 bits per heavy atom. The van der Waals surface area contributed by atoms with Crippen molar-refractivity contribution in [2.24, 2.45) is 0 Å². The van der Waals surface area contributed by atoms with Gasteiger partial charge in [0, 0.05) is 0 Å². The minimum Gasteiger partial charge on any atom is -0.344 e. The normalized spacial score (nSPS) is 11.2. The Morgan fingerprint density at radius 3 is 1.55 bits per heavy atom. The van der Waals surface area contributed by atoms with Crippen LogP contribution in [0.25, 0.3) is 0 Å². The van der Waals surface area contributed by atoms with Crippen LogP contribution in [0.1, 0.15) is 0 Å². The Morgan fingerprint density at radius 1 is 1.27 bits per heavy atom. The lowest BCUT2D eigenvalue weighted by atomic mass is 14.0. The first-order valence-electron chi connectivity index (χ1n) is 1.45. The molecule has 0 bridgehead atoms. The van der Waals surface area contributed by atoms with Crippen LogP contribution < -0.4 is 6.15 Å². The van der Waals surface area contributed by atoms with Crippen molar-refractivity contribution in [3.63, 3.8) is 0 Å². The van der Waals surface area contributed by atoms with E-state index in [4.69, 9.17) is 14.3 Å². The molecule has 0 radical (unpaired) electrons. The van der Waals surface area contributed by atoms with Gasteiger partial charge < -0.3 is 15.9 Å². The topological polar surface area (TPSA) is 156 Å². The van der Waals surface area contributed by atoms with Gasteiger partial charge in [-0.25, -0.2) is 4.57 Å². The largest absolute Gasteiger partial charge is 0.486 e. The third kappa shape index (κ3) is 17.9. The van der Waals surface area contributed by atoms with Gasteiger partial charge in [-0.2, -0.15) is 18.3 Å². The predicted molar refractivity (Wildman–Crippen MR) is 40.8 cm³/mol. The minimum atomic E-state index is -5.13. The quantitative estimate of drug-likeness (QED) is 0.351. The monoisotopic (exact) mass is 229 g/mol. The summed E-state index contributed by atoms with van der Waals surface area (Å²) in [5, 5.41) is 0. The van der Waals surface area contributed by atoms with Gasteiger partial charge in [-0.15, -0.1) is 3.97 Å². The SMILES string of the molecule is N.O=P(O)(O)OS(=O)(=O)O.P. The van der Waals surface area contributed by atoms with Crippen LogP contribution in [0.4, 0.5) is 0 Å². The van der Waals surface area contributed by atoms with Crippen LogP contribution in [0.2, 0.25) is 0 Å². The summed E-state index contributed by atoms with van der Waals surface area (Å²) in [5.74, 6) is 0. The smallest absolute Gasteiger partial charge is 0.344 e. The maximum atomic E-state index is 9.58. The molecule has 8 nitrogen and oxygen atoms in total. The van der Waals surface area contributed by atoms with Crippen LogP contribution in [0.3, 0.4) is 0 Å². The maximum absolute atomic E-state index is 9.58. The van der Waals surface area contributed by atoms with Gasteiger partial charge in [0.15, 0.2) is 0 Å². The lowest BCUT2D eigenvalue weighted by Crippen LogP contribution is -2.00. The van der Waals surface area contributed by atoms with Crippen molar-refractivity contribution in [2.75, 3.05) is 0 Å². The number of rotatable bonds is 2. The molecule has 11 heteroatoms. The van der Waals surface area contributed by atoms with Crippen molar-refractivity contribution in [1.82, 2.24) is 6.15 Å². The molecular weight excluding hydrogens is 220 g/mol. The molecule has 0 amide bonds. The molecule has 72 valence electrons. The first-order chi connectivity index (χ1) is 3.71. The number of hydrogen-bond donors (Lipinski definition) is 4. The summed E-state index contributed by atoms with van der Waals surface area (Å²) in [6.07, 6.45) is 0. The van der Waals surface area contributed by atoms with E-state index < -0.39 is 18.2 Å². The number of hydrogen-bond acceptors (Lipinski definition) is 5. The Hall–Kier alpha value is 0.410. The van der Waals surface area contributed by atoms with E-state index in [0.29, 0.717) is 0 Å². The zero-order chi connectivity index (χ0) is 7.71. The Kier molecular flexibility index (Phi) is 8.15. The molecule has 0 aliphatic rings. The fourth-order valence-electron chi connectivity index (χ4n) is 0.123. The molecule has 0 aliphatic heterocycles. The molecule has 0 heterocycles. The van der Waals surface area contributed by atoms with E-state index in [2.05, 4.69) is 3.97 Å². The lowest BCUT2D eigenvalue weighted by molar-refractivity contribution is 0.268. The van der Waals surface area contributed by atoms with Gasteiger partial charge in [0.1, 0.15) is 0 Å². The van der Waals surface area contributed by atoms with Crippen LogP contribution in [0.15, 0.2) is 0 Å². The average Bonchev–Trinajstić information content (AvgIpc) is 1.14. The van der Waals surface area contributed by atoms with Crippen LogP contribution in [-0.2, 0) is 18.9 Å². The highest BCUT2D eigenvalue weighted by Gasteiger charge is 2.22. The van der Waals surface area contributed by atoms with E-state index in [1.807, 2.05) is 0 Å². The molecule has 1 atom stereocenters. The van der Waals surface area contributed by atoms with Crippen molar-refractivity contribution in [3.8, 4) is 0 Å². The van der Waals surface area contributed by atoms with Gasteiger partial charge in [-0.3, -0.25) is 4.55 Å². The molecule has 0 rings (SSSR count). The fourth-order valence-corrected chi connectivity index (χ4v) is 1.10. The molecular formula is H9NO7P2S. The van der Waals surface area contributed by atoms with E-state index in [9.17, 15) is 13.0 Å². The number of phosphoric acid groups is 1. The summed E-state index contributed by atoms with van der Waals surface area (Å²) in [7, 11) is -10.2. The van der Waals surface area contributed by atoms with Crippen LogP contribution in [0.5, 0.6) is 0 Å². The van der Waals surface area contributed by atoms with E-state index >= 15 is 0 Å². The molecule has 0 spiro atoms. The molecule has 1 unspecified atom stereocenters. The van der Waals surface area contributed by atoms with E-state index in [1.165, 1.54) is 0 Å². The van der Waals surface area contributed by atoms with Crippen molar-refractivity contribution in [3.05, 3.63) is 0 Å². The van der Waals surface area contributed by atoms with Gasteiger partial charge in [0.05, 0.1) is 0 Å². The summed E-state index contributed by atoms with van der Waals surface area (Å²) in [6.45, 7) is 0.